The molecule has 154 valence electrons. The second-order valence-corrected chi connectivity index (χ2v) is 6.40. The van der Waals surface area contributed by atoms with Gasteiger partial charge >= 0.3 is 29.8 Å². The summed E-state index contributed by atoms with van der Waals surface area (Å²) in [5.41, 5.74) is 1.43. The summed E-state index contributed by atoms with van der Waals surface area (Å²) in [6, 6.07) is 14.1. The van der Waals surface area contributed by atoms with Crippen LogP contribution in [0.4, 0.5) is 4.79 Å². The predicted octanol–water partition coefficient (Wildman–Crippen LogP) is 1.51. The molecule has 0 aliphatic carbocycles. The lowest BCUT2D eigenvalue weighted by Gasteiger charge is -2.15. The molecule has 2 aromatic rings. The van der Waals surface area contributed by atoms with E-state index in [0.717, 1.165) is 5.56 Å². The van der Waals surface area contributed by atoms with Crippen molar-refractivity contribution in [3.63, 3.8) is 0 Å². The zero-order valence-corrected chi connectivity index (χ0v) is 16.1. The molecular weight excluding hydrogens is 392 g/mol. The number of benzene rings is 2. The van der Waals surface area contributed by atoms with Crippen LogP contribution in [0.2, 0.25) is 0 Å². The minimum atomic E-state index is -1.11. The van der Waals surface area contributed by atoms with Gasteiger partial charge in [0.2, 0.25) is 0 Å². The fraction of sp³-hybridized carbons (Fsp3) is 0.190. The summed E-state index contributed by atoms with van der Waals surface area (Å²) in [4.78, 5) is 61.9. The normalized spacial score (nSPS) is 13.6. The van der Waals surface area contributed by atoms with Gasteiger partial charge in [-0.15, -0.1) is 0 Å². The van der Waals surface area contributed by atoms with Gasteiger partial charge in [-0.1, -0.05) is 42.5 Å². The molecule has 1 heterocycles. The Morgan fingerprint density at radius 2 is 1.53 bits per heavy atom. The molecule has 9 heteroatoms. The first-order valence-corrected chi connectivity index (χ1v) is 8.95. The lowest BCUT2D eigenvalue weighted by molar-refractivity contribution is -0.149. The molecule has 1 aliphatic heterocycles. The van der Waals surface area contributed by atoms with Crippen molar-refractivity contribution in [1.82, 2.24) is 9.80 Å². The molecule has 1 aliphatic rings. The Balaban J connectivity index is 1.64. The summed E-state index contributed by atoms with van der Waals surface area (Å²) in [5.74, 6) is -3.56. The van der Waals surface area contributed by atoms with Gasteiger partial charge in [0.1, 0.15) is 13.2 Å². The van der Waals surface area contributed by atoms with Crippen molar-refractivity contribution >= 4 is 29.8 Å². The molecule has 1 saturated heterocycles. The van der Waals surface area contributed by atoms with Crippen LogP contribution in [0.3, 0.4) is 0 Å². The fourth-order valence-corrected chi connectivity index (χ4v) is 2.84. The number of hydrogen-bond donors (Lipinski definition) is 0. The van der Waals surface area contributed by atoms with Crippen LogP contribution in [0.15, 0.2) is 54.6 Å². The first kappa shape index (κ1) is 20.7. The van der Waals surface area contributed by atoms with Gasteiger partial charge in [-0.25, -0.2) is 14.5 Å². The Morgan fingerprint density at radius 1 is 0.867 bits per heavy atom. The van der Waals surface area contributed by atoms with Crippen molar-refractivity contribution in [1.29, 1.82) is 0 Å². The molecule has 0 unspecified atom stereocenters. The third-order valence-corrected chi connectivity index (χ3v) is 4.35. The summed E-state index contributed by atoms with van der Waals surface area (Å²) in [6.45, 7) is -0.924. The van der Waals surface area contributed by atoms with Gasteiger partial charge < -0.3 is 9.47 Å². The summed E-state index contributed by atoms with van der Waals surface area (Å²) >= 11 is 0. The van der Waals surface area contributed by atoms with Crippen LogP contribution in [0.25, 0.3) is 0 Å². The van der Waals surface area contributed by atoms with Crippen LogP contribution in [-0.4, -0.2) is 53.2 Å². The van der Waals surface area contributed by atoms with E-state index < -0.39 is 36.3 Å². The number of carbonyl (C=O) groups excluding carboxylic acids is 5. The van der Waals surface area contributed by atoms with E-state index in [2.05, 4.69) is 4.74 Å². The Bertz CT molecular complexity index is 1000. The van der Waals surface area contributed by atoms with Crippen LogP contribution >= 0.6 is 0 Å². The number of rotatable bonds is 7. The SMILES string of the molecule is COC(=O)c1cccc(CN2C(=O)C(=O)N(CC(=O)OCc3ccccc3)C2=O)c1. The molecular formula is C21H18N2O7. The third-order valence-electron chi connectivity index (χ3n) is 4.35. The molecule has 0 saturated carbocycles. The van der Waals surface area contributed by atoms with Gasteiger partial charge in [0.15, 0.2) is 0 Å². The predicted molar refractivity (Wildman–Crippen MR) is 102 cm³/mol. The summed E-state index contributed by atoms with van der Waals surface area (Å²) in [6.07, 6.45) is 0. The zero-order valence-electron chi connectivity index (χ0n) is 16.1. The van der Waals surface area contributed by atoms with Crippen molar-refractivity contribution < 1.29 is 33.4 Å². The molecule has 1 fully saturated rings. The average molecular weight is 410 g/mol. The number of amides is 4. The molecule has 0 radical (unpaired) electrons. The molecule has 0 N–H and O–H groups in total. The fourth-order valence-electron chi connectivity index (χ4n) is 2.84. The number of carbonyl (C=O) groups is 5. The molecule has 0 atom stereocenters. The quantitative estimate of drug-likeness (QED) is 0.386. The van der Waals surface area contributed by atoms with Gasteiger partial charge in [0, 0.05) is 0 Å². The number of methoxy groups -OCH3 is 1. The van der Waals surface area contributed by atoms with Crippen molar-refractivity contribution in [3.8, 4) is 0 Å². The second-order valence-electron chi connectivity index (χ2n) is 6.40. The van der Waals surface area contributed by atoms with E-state index in [1.54, 1.807) is 36.4 Å². The van der Waals surface area contributed by atoms with Crippen molar-refractivity contribution in [2.75, 3.05) is 13.7 Å². The molecule has 3 rings (SSSR count). The lowest BCUT2D eigenvalue weighted by Crippen LogP contribution is -2.37. The third kappa shape index (κ3) is 4.52. The molecule has 4 amide bonds. The lowest BCUT2D eigenvalue weighted by atomic mass is 10.1. The van der Waals surface area contributed by atoms with Crippen LogP contribution in [0.1, 0.15) is 21.5 Å². The first-order chi connectivity index (χ1) is 14.4. The van der Waals surface area contributed by atoms with Gasteiger partial charge in [-0.2, -0.15) is 0 Å². The molecule has 2 aromatic carbocycles. The Kier molecular flexibility index (Phi) is 6.21. The Labute approximate surface area is 171 Å². The van der Waals surface area contributed by atoms with E-state index >= 15 is 0 Å². The topological polar surface area (TPSA) is 110 Å². The minimum absolute atomic E-state index is 0.0200. The molecule has 0 spiro atoms. The maximum Gasteiger partial charge on any atom is 0.337 e. The zero-order chi connectivity index (χ0) is 21.7. The summed E-state index contributed by atoms with van der Waals surface area (Å²) < 4.78 is 9.70. The minimum Gasteiger partial charge on any atom is -0.465 e. The maximum atomic E-state index is 12.5. The van der Waals surface area contributed by atoms with Crippen LogP contribution in [0, 0.1) is 0 Å². The smallest absolute Gasteiger partial charge is 0.337 e. The van der Waals surface area contributed by atoms with E-state index in [-0.39, 0.29) is 18.7 Å². The van der Waals surface area contributed by atoms with Gasteiger partial charge in [-0.3, -0.25) is 19.3 Å². The van der Waals surface area contributed by atoms with Crippen LogP contribution in [-0.2, 0) is 37.0 Å². The van der Waals surface area contributed by atoms with Crippen molar-refractivity contribution in [2.24, 2.45) is 0 Å². The highest BCUT2D eigenvalue weighted by molar-refractivity contribution is 6.44. The van der Waals surface area contributed by atoms with Crippen LogP contribution < -0.4 is 0 Å². The van der Waals surface area contributed by atoms with E-state index in [0.29, 0.717) is 15.4 Å². The number of imide groups is 2. The highest BCUT2D eigenvalue weighted by Gasteiger charge is 2.45. The van der Waals surface area contributed by atoms with Gasteiger partial charge in [0.25, 0.3) is 0 Å². The number of nitrogens with zero attached hydrogens (tertiary/aromatic N) is 2. The molecule has 30 heavy (non-hydrogen) atoms. The van der Waals surface area contributed by atoms with Crippen molar-refractivity contribution in [3.05, 3.63) is 71.3 Å². The largest absolute Gasteiger partial charge is 0.465 e. The summed E-state index contributed by atoms with van der Waals surface area (Å²) in [5, 5.41) is 0. The Hall–Kier alpha value is -4.01. The maximum absolute atomic E-state index is 12.5. The van der Waals surface area contributed by atoms with E-state index in [1.165, 1.54) is 19.2 Å². The standard InChI is InChI=1S/C21H18N2O7/c1-29-20(27)16-9-5-8-15(10-16)11-22-18(25)19(26)23(21(22)28)12-17(24)30-13-14-6-3-2-4-7-14/h2-10H,11-13H2,1H3. The average Bonchev–Trinajstić information content (AvgIpc) is 2.96. The molecule has 0 bridgehead atoms. The Morgan fingerprint density at radius 3 is 2.23 bits per heavy atom. The monoisotopic (exact) mass is 410 g/mol. The number of esters is 2. The number of ether oxygens (including phenoxy) is 2. The molecule has 9 nitrogen and oxygen atoms in total. The molecule has 0 aromatic heterocycles. The van der Waals surface area contributed by atoms with Gasteiger partial charge in [-0.05, 0) is 23.3 Å². The highest BCUT2D eigenvalue weighted by Crippen LogP contribution is 2.17. The summed E-state index contributed by atoms with van der Waals surface area (Å²) in [7, 11) is 1.23. The van der Waals surface area contributed by atoms with E-state index in [1.807, 2.05) is 6.07 Å². The van der Waals surface area contributed by atoms with E-state index in [9.17, 15) is 24.0 Å². The van der Waals surface area contributed by atoms with Crippen molar-refractivity contribution in [2.45, 2.75) is 13.2 Å². The number of urea groups is 1. The van der Waals surface area contributed by atoms with Gasteiger partial charge in [0.05, 0.1) is 19.2 Å². The number of hydrogen-bond acceptors (Lipinski definition) is 7. The second kappa shape index (κ2) is 8.99. The highest BCUT2D eigenvalue weighted by atomic mass is 16.5. The van der Waals surface area contributed by atoms with E-state index in [4.69, 9.17) is 4.74 Å². The first-order valence-electron chi connectivity index (χ1n) is 8.95. The van der Waals surface area contributed by atoms with Crippen LogP contribution in [0.5, 0.6) is 0 Å².